The number of benzene rings is 2. The van der Waals surface area contributed by atoms with Crippen molar-refractivity contribution in [1.82, 2.24) is 5.32 Å². The highest BCUT2D eigenvalue weighted by Gasteiger charge is 2.28. The molecule has 0 aliphatic heterocycles. The Morgan fingerprint density at radius 1 is 1.09 bits per heavy atom. The predicted molar refractivity (Wildman–Crippen MR) is 121 cm³/mol. The first-order valence-electron chi connectivity index (χ1n) is 10.3. The van der Waals surface area contributed by atoms with Crippen molar-refractivity contribution in [1.29, 1.82) is 0 Å². The van der Waals surface area contributed by atoms with Crippen molar-refractivity contribution in [2.24, 2.45) is 0 Å². The third-order valence-corrected chi connectivity index (χ3v) is 5.59. The summed E-state index contributed by atoms with van der Waals surface area (Å²) >= 11 is 0. The molecule has 0 fully saturated rings. The number of fused-ring (bicyclic) bond motifs is 1. The molecule has 0 saturated heterocycles. The van der Waals surface area contributed by atoms with Crippen LogP contribution in [0.2, 0.25) is 0 Å². The maximum Gasteiger partial charge on any atom is 0.257 e. The maximum absolute atomic E-state index is 13.1. The van der Waals surface area contributed by atoms with Gasteiger partial charge in [0.05, 0.1) is 14.2 Å². The molecule has 0 unspecified atom stereocenters. The van der Waals surface area contributed by atoms with E-state index in [0.717, 1.165) is 11.1 Å². The van der Waals surface area contributed by atoms with Gasteiger partial charge in [-0.05, 0) is 29.3 Å². The molecule has 1 amide bonds. The van der Waals surface area contributed by atoms with E-state index in [-0.39, 0.29) is 11.7 Å². The number of hydrogen-bond donors (Lipinski definition) is 1. The van der Waals surface area contributed by atoms with Gasteiger partial charge in [0.15, 0.2) is 36.2 Å². The Morgan fingerprint density at radius 2 is 1.81 bits per heavy atom. The fourth-order valence-electron chi connectivity index (χ4n) is 3.93. The summed E-state index contributed by atoms with van der Waals surface area (Å²) in [6.07, 6.45) is 6.01. The second-order valence-corrected chi connectivity index (χ2v) is 7.59. The number of pyridine rings is 1. The van der Waals surface area contributed by atoms with Crippen LogP contribution in [-0.2, 0) is 13.0 Å². The van der Waals surface area contributed by atoms with Crippen molar-refractivity contribution in [3.05, 3.63) is 94.3 Å². The molecule has 0 radical (unpaired) electrons. The molecule has 6 heteroatoms. The number of nitrogens with one attached hydrogen (secondary N) is 1. The summed E-state index contributed by atoms with van der Waals surface area (Å²) in [7, 11) is 4.72. The standard InChI is InChI=1S/C26H24N2O4/c1-27-26(30)22-16-28(15-17-7-5-4-6-8-17)10-9-18(22)11-20-12-19-13-23(31-2)24(32-3)14-21(19)25(20)29/h4-11,13-14,16H,12,15H2,1-3H3/p+1/b20-11+. The van der Waals surface area contributed by atoms with Crippen molar-refractivity contribution in [3.8, 4) is 11.5 Å². The minimum atomic E-state index is -0.203. The van der Waals surface area contributed by atoms with Crippen LogP contribution in [-0.4, -0.2) is 33.0 Å². The normalized spacial score (nSPS) is 13.7. The summed E-state index contributed by atoms with van der Waals surface area (Å²) in [5.74, 6) is 0.844. The van der Waals surface area contributed by atoms with Crippen LogP contribution >= 0.6 is 0 Å². The number of ether oxygens (including phenoxy) is 2. The highest BCUT2D eigenvalue weighted by Crippen LogP contribution is 2.37. The van der Waals surface area contributed by atoms with Gasteiger partial charge in [-0.3, -0.25) is 9.59 Å². The molecule has 1 heterocycles. The Kier molecular flexibility index (Phi) is 6.03. The van der Waals surface area contributed by atoms with E-state index in [1.165, 1.54) is 0 Å². The molecule has 0 saturated carbocycles. The Balaban J connectivity index is 1.69. The van der Waals surface area contributed by atoms with Gasteiger partial charge in [0.25, 0.3) is 5.91 Å². The molecule has 0 spiro atoms. The Hall–Kier alpha value is -3.93. The molecular weight excluding hydrogens is 404 g/mol. The van der Waals surface area contributed by atoms with Crippen LogP contribution in [0.4, 0.5) is 0 Å². The third-order valence-electron chi connectivity index (χ3n) is 5.59. The minimum Gasteiger partial charge on any atom is -0.493 e. The quantitative estimate of drug-likeness (QED) is 0.483. The molecule has 1 aliphatic rings. The number of amides is 1. The molecular formula is C26H25N2O4+. The third kappa shape index (κ3) is 4.12. The van der Waals surface area contributed by atoms with E-state index in [0.29, 0.717) is 46.7 Å². The number of Topliss-reactive ketones (excluding diaryl/α,β-unsaturated/α-hetero) is 1. The van der Waals surface area contributed by atoms with Gasteiger partial charge in [0, 0.05) is 36.2 Å². The second-order valence-electron chi connectivity index (χ2n) is 7.59. The van der Waals surface area contributed by atoms with E-state index in [1.807, 2.05) is 59.4 Å². The molecule has 32 heavy (non-hydrogen) atoms. The zero-order valence-electron chi connectivity index (χ0n) is 18.3. The number of aromatic nitrogens is 1. The topological polar surface area (TPSA) is 68.5 Å². The van der Waals surface area contributed by atoms with Gasteiger partial charge in [0.1, 0.15) is 5.56 Å². The first kappa shape index (κ1) is 21.3. The Morgan fingerprint density at radius 3 is 2.50 bits per heavy atom. The minimum absolute atomic E-state index is 0.0650. The van der Waals surface area contributed by atoms with E-state index in [2.05, 4.69) is 5.32 Å². The molecule has 4 rings (SSSR count). The van der Waals surface area contributed by atoms with E-state index >= 15 is 0 Å². The summed E-state index contributed by atoms with van der Waals surface area (Å²) < 4.78 is 12.7. The molecule has 1 aromatic heterocycles. The van der Waals surface area contributed by atoms with Crippen LogP contribution in [0, 0.1) is 0 Å². The lowest BCUT2D eigenvalue weighted by atomic mass is 10.0. The lowest BCUT2D eigenvalue weighted by Crippen LogP contribution is -2.36. The van der Waals surface area contributed by atoms with E-state index in [1.54, 1.807) is 33.4 Å². The fourth-order valence-corrected chi connectivity index (χ4v) is 3.93. The SMILES string of the molecule is CNC(=O)c1c[n+](Cc2ccccc2)ccc1/C=C1\Cc2cc(OC)c(OC)cc2C1=O. The Labute approximate surface area is 187 Å². The molecule has 1 N–H and O–H groups in total. The average Bonchev–Trinajstić information content (AvgIpc) is 3.13. The van der Waals surface area contributed by atoms with Crippen LogP contribution in [0.15, 0.2) is 66.5 Å². The molecule has 0 atom stereocenters. The van der Waals surface area contributed by atoms with Crippen LogP contribution in [0.3, 0.4) is 0 Å². The van der Waals surface area contributed by atoms with Crippen LogP contribution in [0.1, 0.15) is 37.4 Å². The molecule has 1 aliphatic carbocycles. The van der Waals surface area contributed by atoms with Gasteiger partial charge in [-0.15, -0.1) is 0 Å². The van der Waals surface area contributed by atoms with Crippen molar-refractivity contribution in [2.75, 3.05) is 21.3 Å². The monoisotopic (exact) mass is 429 g/mol. The second kappa shape index (κ2) is 9.06. The summed E-state index contributed by atoms with van der Waals surface area (Å²) in [4.78, 5) is 25.7. The van der Waals surface area contributed by atoms with Gasteiger partial charge in [-0.2, -0.15) is 4.57 Å². The highest BCUT2D eigenvalue weighted by atomic mass is 16.5. The number of methoxy groups -OCH3 is 2. The van der Waals surface area contributed by atoms with Crippen molar-refractivity contribution in [2.45, 2.75) is 13.0 Å². The van der Waals surface area contributed by atoms with Gasteiger partial charge >= 0.3 is 0 Å². The van der Waals surface area contributed by atoms with Gasteiger partial charge in [-0.25, -0.2) is 0 Å². The zero-order valence-corrected chi connectivity index (χ0v) is 18.3. The van der Waals surface area contributed by atoms with Crippen molar-refractivity contribution < 1.29 is 23.6 Å². The van der Waals surface area contributed by atoms with Gasteiger partial charge < -0.3 is 14.8 Å². The first-order chi connectivity index (χ1) is 15.5. The lowest BCUT2D eigenvalue weighted by molar-refractivity contribution is -0.688. The lowest BCUT2D eigenvalue weighted by Gasteiger charge is -2.08. The van der Waals surface area contributed by atoms with Gasteiger partial charge in [-0.1, -0.05) is 30.3 Å². The molecule has 3 aromatic rings. The number of allylic oxidation sites excluding steroid dienone is 1. The molecule has 6 nitrogen and oxygen atoms in total. The number of carbonyl (C=O) groups excluding carboxylic acids is 2. The smallest absolute Gasteiger partial charge is 0.257 e. The number of carbonyl (C=O) groups is 2. The first-order valence-corrected chi connectivity index (χ1v) is 10.3. The molecule has 0 bridgehead atoms. The van der Waals surface area contributed by atoms with E-state index < -0.39 is 0 Å². The maximum atomic E-state index is 13.1. The number of rotatable bonds is 6. The van der Waals surface area contributed by atoms with Crippen LogP contribution < -0.4 is 19.4 Å². The van der Waals surface area contributed by atoms with Crippen LogP contribution in [0.5, 0.6) is 11.5 Å². The van der Waals surface area contributed by atoms with E-state index in [4.69, 9.17) is 9.47 Å². The summed E-state index contributed by atoms with van der Waals surface area (Å²) in [5, 5.41) is 2.70. The summed E-state index contributed by atoms with van der Waals surface area (Å²) in [6, 6.07) is 15.5. The average molecular weight is 429 g/mol. The molecule has 162 valence electrons. The number of hydrogen-bond acceptors (Lipinski definition) is 4. The summed E-state index contributed by atoms with van der Waals surface area (Å²) in [5.41, 5.74) is 4.46. The zero-order chi connectivity index (χ0) is 22.7. The van der Waals surface area contributed by atoms with E-state index in [9.17, 15) is 9.59 Å². The number of ketones is 1. The Bertz CT molecular complexity index is 1220. The predicted octanol–water partition coefficient (Wildman–Crippen LogP) is 3.22. The van der Waals surface area contributed by atoms with Crippen molar-refractivity contribution >= 4 is 17.8 Å². The fraction of sp³-hybridized carbons (Fsp3) is 0.192. The van der Waals surface area contributed by atoms with Crippen LogP contribution in [0.25, 0.3) is 6.08 Å². The highest BCUT2D eigenvalue weighted by molar-refractivity contribution is 6.16. The largest absolute Gasteiger partial charge is 0.493 e. The van der Waals surface area contributed by atoms with Gasteiger partial charge in [0.2, 0.25) is 0 Å². The summed E-state index contributed by atoms with van der Waals surface area (Å²) in [6.45, 7) is 0.644. The van der Waals surface area contributed by atoms with Crippen molar-refractivity contribution in [3.63, 3.8) is 0 Å². The number of nitrogens with zero attached hydrogens (tertiary/aromatic N) is 1. The molecule has 2 aromatic carbocycles.